The van der Waals surface area contributed by atoms with Crippen molar-refractivity contribution in [2.24, 2.45) is 11.8 Å². The Morgan fingerprint density at radius 2 is 1.88 bits per heavy atom. The lowest BCUT2D eigenvalue weighted by Gasteiger charge is -2.57. The van der Waals surface area contributed by atoms with Crippen molar-refractivity contribution >= 4 is 11.7 Å². The van der Waals surface area contributed by atoms with Crippen LogP contribution in [0, 0.1) is 31.5 Å². The van der Waals surface area contributed by atoms with Crippen LogP contribution in [0.4, 0.5) is 10.2 Å². The molecule has 32 heavy (non-hydrogen) atoms. The molecule has 2 atom stereocenters. The topological polar surface area (TPSA) is 88.8 Å². The van der Waals surface area contributed by atoms with Gasteiger partial charge in [-0.05, 0) is 62.8 Å². The first kappa shape index (κ1) is 20.5. The number of carbonyl (C=O) groups excluding carboxylic acids is 1. The quantitative estimate of drug-likeness (QED) is 0.662. The van der Waals surface area contributed by atoms with Gasteiger partial charge in [-0.2, -0.15) is 10.2 Å². The molecule has 166 valence electrons. The Morgan fingerprint density at radius 3 is 2.59 bits per heavy atom. The van der Waals surface area contributed by atoms with Gasteiger partial charge in [0.15, 0.2) is 5.69 Å². The Balaban J connectivity index is 1.45. The summed E-state index contributed by atoms with van der Waals surface area (Å²) in [6, 6.07) is 6.91. The SMILES string of the molecule is Cc1ccc(-n2nccn2)c(C(=O)N2C3CC(C3)[C@@H](C)[C@H]2CNc2ccc(F)c(C)n2)n1. The fourth-order valence-electron chi connectivity index (χ4n) is 4.91. The third kappa shape index (κ3) is 3.51. The third-order valence-electron chi connectivity index (χ3n) is 6.85. The van der Waals surface area contributed by atoms with Gasteiger partial charge in [-0.15, -0.1) is 4.80 Å². The Hall–Kier alpha value is -3.36. The predicted molar refractivity (Wildman–Crippen MR) is 117 cm³/mol. The van der Waals surface area contributed by atoms with Crippen molar-refractivity contribution in [3.05, 3.63) is 59.6 Å². The fraction of sp³-hybridized carbons (Fsp3) is 0.435. The van der Waals surface area contributed by atoms with E-state index in [0.717, 1.165) is 18.5 Å². The molecule has 3 fully saturated rings. The lowest BCUT2D eigenvalue weighted by molar-refractivity contribution is -0.0505. The van der Waals surface area contributed by atoms with E-state index in [1.807, 2.05) is 24.0 Å². The Kier molecular flexibility index (Phi) is 5.11. The summed E-state index contributed by atoms with van der Waals surface area (Å²) in [7, 11) is 0. The number of carbonyl (C=O) groups is 1. The van der Waals surface area contributed by atoms with E-state index < -0.39 is 0 Å². The van der Waals surface area contributed by atoms with Crippen LogP contribution in [0.15, 0.2) is 36.7 Å². The molecule has 3 aliphatic rings. The Morgan fingerprint density at radius 1 is 1.12 bits per heavy atom. The second kappa shape index (κ2) is 7.96. The zero-order valence-corrected chi connectivity index (χ0v) is 18.4. The van der Waals surface area contributed by atoms with Crippen molar-refractivity contribution < 1.29 is 9.18 Å². The molecular formula is C23H26FN7O. The molecule has 8 nitrogen and oxygen atoms in total. The number of rotatable bonds is 5. The van der Waals surface area contributed by atoms with E-state index in [9.17, 15) is 9.18 Å². The number of hydrogen-bond acceptors (Lipinski definition) is 6. The highest BCUT2D eigenvalue weighted by atomic mass is 19.1. The number of hydrogen-bond donors (Lipinski definition) is 1. The molecule has 0 aromatic carbocycles. The molecule has 1 saturated carbocycles. The zero-order valence-electron chi connectivity index (χ0n) is 18.4. The largest absolute Gasteiger partial charge is 0.368 e. The van der Waals surface area contributed by atoms with E-state index in [-0.39, 0.29) is 23.8 Å². The summed E-state index contributed by atoms with van der Waals surface area (Å²) in [5.41, 5.74) is 2.05. The Bertz CT molecular complexity index is 1140. The molecule has 2 bridgehead atoms. The first-order valence-corrected chi connectivity index (χ1v) is 11.0. The minimum Gasteiger partial charge on any atom is -0.368 e. The van der Waals surface area contributed by atoms with Gasteiger partial charge in [-0.3, -0.25) is 4.79 Å². The average Bonchev–Trinajstić information content (AvgIpc) is 3.28. The van der Waals surface area contributed by atoms with Crippen LogP contribution in [-0.4, -0.2) is 54.4 Å². The first-order valence-electron chi connectivity index (χ1n) is 11.0. The lowest BCUT2D eigenvalue weighted by Crippen LogP contribution is -2.64. The molecule has 6 rings (SSSR count). The van der Waals surface area contributed by atoms with Gasteiger partial charge in [0, 0.05) is 18.3 Å². The number of aryl methyl sites for hydroxylation is 2. The number of amides is 1. The maximum absolute atomic E-state index is 13.9. The van der Waals surface area contributed by atoms with Gasteiger partial charge in [-0.25, -0.2) is 14.4 Å². The zero-order chi connectivity index (χ0) is 22.4. The van der Waals surface area contributed by atoms with Gasteiger partial charge in [0.2, 0.25) is 0 Å². The third-order valence-corrected chi connectivity index (χ3v) is 6.85. The van der Waals surface area contributed by atoms with E-state index in [1.54, 1.807) is 25.4 Å². The number of nitrogens with zero attached hydrogens (tertiary/aromatic N) is 6. The summed E-state index contributed by atoms with van der Waals surface area (Å²) in [6.07, 6.45) is 5.19. The van der Waals surface area contributed by atoms with Crippen LogP contribution in [0.1, 0.15) is 41.6 Å². The van der Waals surface area contributed by atoms with Gasteiger partial charge in [-0.1, -0.05) is 6.92 Å². The van der Waals surface area contributed by atoms with Crippen molar-refractivity contribution in [2.45, 2.75) is 45.7 Å². The highest BCUT2D eigenvalue weighted by Gasteiger charge is 2.51. The predicted octanol–water partition coefficient (Wildman–Crippen LogP) is 3.16. The molecule has 1 N–H and O–H groups in total. The van der Waals surface area contributed by atoms with Crippen molar-refractivity contribution in [1.29, 1.82) is 0 Å². The number of fused-ring (bicyclic) bond motifs is 2. The Labute approximate surface area is 185 Å². The number of nitrogens with one attached hydrogen (secondary N) is 1. The molecule has 3 aromatic rings. The normalized spacial score (nSPS) is 24.2. The van der Waals surface area contributed by atoms with Crippen LogP contribution in [0.2, 0.25) is 0 Å². The second-order valence-corrected chi connectivity index (χ2v) is 8.81. The summed E-state index contributed by atoms with van der Waals surface area (Å²) < 4.78 is 13.6. The van der Waals surface area contributed by atoms with Gasteiger partial charge in [0.05, 0.1) is 24.1 Å². The molecule has 0 spiro atoms. The maximum atomic E-state index is 13.9. The van der Waals surface area contributed by atoms with E-state index >= 15 is 0 Å². The van der Waals surface area contributed by atoms with Crippen LogP contribution in [0.25, 0.3) is 5.69 Å². The average molecular weight is 436 g/mol. The number of aromatic nitrogens is 5. The monoisotopic (exact) mass is 435 g/mol. The van der Waals surface area contributed by atoms with E-state index in [1.165, 1.54) is 10.9 Å². The molecular weight excluding hydrogens is 409 g/mol. The lowest BCUT2D eigenvalue weighted by atomic mass is 9.64. The van der Waals surface area contributed by atoms with Crippen molar-refractivity contribution in [1.82, 2.24) is 29.9 Å². The first-order chi connectivity index (χ1) is 15.4. The van der Waals surface area contributed by atoms with E-state index in [0.29, 0.717) is 41.3 Å². The highest BCUT2D eigenvalue weighted by molar-refractivity contribution is 5.96. The number of anilines is 1. The fourth-order valence-corrected chi connectivity index (χ4v) is 4.91. The van der Waals surface area contributed by atoms with E-state index in [2.05, 4.69) is 32.4 Å². The highest BCUT2D eigenvalue weighted by Crippen LogP contribution is 2.47. The van der Waals surface area contributed by atoms with Crippen LogP contribution < -0.4 is 5.32 Å². The smallest absolute Gasteiger partial charge is 0.275 e. The van der Waals surface area contributed by atoms with Crippen LogP contribution >= 0.6 is 0 Å². The summed E-state index contributed by atoms with van der Waals surface area (Å²) in [6.45, 7) is 6.26. The van der Waals surface area contributed by atoms with Gasteiger partial charge in [0.1, 0.15) is 17.3 Å². The summed E-state index contributed by atoms with van der Waals surface area (Å²) >= 11 is 0. The maximum Gasteiger partial charge on any atom is 0.275 e. The van der Waals surface area contributed by atoms with Gasteiger partial charge in [0.25, 0.3) is 5.91 Å². The van der Waals surface area contributed by atoms with E-state index in [4.69, 9.17) is 0 Å². The number of pyridine rings is 2. The molecule has 0 unspecified atom stereocenters. The van der Waals surface area contributed by atoms with Crippen molar-refractivity contribution in [3.63, 3.8) is 0 Å². The molecule has 5 heterocycles. The van der Waals surface area contributed by atoms with Crippen LogP contribution in [0.5, 0.6) is 0 Å². The summed E-state index contributed by atoms with van der Waals surface area (Å²) in [5, 5.41) is 11.7. The van der Waals surface area contributed by atoms with Gasteiger partial charge < -0.3 is 10.2 Å². The minimum absolute atomic E-state index is 0.0205. The molecule has 0 radical (unpaired) electrons. The molecule has 2 saturated heterocycles. The molecule has 2 aliphatic heterocycles. The minimum atomic E-state index is -0.329. The molecule has 1 aliphatic carbocycles. The summed E-state index contributed by atoms with van der Waals surface area (Å²) in [4.78, 5) is 26.2. The summed E-state index contributed by atoms with van der Waals surface area (Å²) in [5.74, 6) is 1.11. The molecule has 1 amide bonds. The van der Waals surface area contributed by atoms with Crippen molar-refractivity contribution in [3.8, 4) is 5.69 Å². The standard InChI is InChI=1S/C23H26FN7O/c1-13-4-6-19(31-26-8-9-27-31)22(28-13)23(32)30-17-10-16(11-17)14(2)20(30)12-25-21-7-5-18(24)15(3)29-21/h4-9,14,16-17,20H,10-12H2,1-3H3,(H,25,29)/t14-,16?,17?,20-/m1/s1. The second-order valence-electron chi connectivity index (χ2n) is 8.81. The molecule has 3 aromatic heterocycles. The van der Waals surface area contributed by atoms with Gasteiger partial charge >= 0.3 is 0 Å². The van der Waals surface area contributed by atoms with Crippen LogP contribution in [-0.2, 0) is 0 Å². The number of piperidine rings is 2. The van der Waals surface area contributed by atoms with Crippen molar-refractivity contribution in [2.75, 3.05) is 11.9 Å². The van der Waals surface area contributed by atoms with Crippen LogP contribution in [0.3, 0.4) is 0 Å². The molecule has 9 heteroatoms. The number of halogens is 1.